The minimum Gasteiger partial charge on any atom is -0.479 e. The molecule has 15 heteroatoms. The summed E-state index contributed by atoms with van der Waals surface area (Å²) >= 11 is 4.49. The van der Waals surface area contributed by atoms with Crippen molar-refractivity contribution in [2.45, 2.75) is 60.7 Å². The number of ether oxygens (including phenoxy) is 3. The summed E-state index contributed by atoms with van der Waals surface area (Å²) in [7, 11) is 1.34. The molecule has 1 aromatic heterocycles. The van der Waals surface area contributed by atoms with Gasteiger partial charge in [0.25, 0.3) is 0 Å². The fraction of sp³-hybridized carbons (Fsp3) is 0.417. The third-order valence-electron chi connectivity index (χ3n) is 5.89. The molecule has 214 valence electrons. The molecule has 5 unspecified atom stereocenters. The second-order valence-electron chi connectivity index (χ2n) is 8.72. The SMILES string of the molecule is CO[C@H]1C(C(C)O)O[C@H](Sc2cncc(Br)c2)C(OC(C)C(=O)O)C1N(N)/C=C(\N)c1cc(F)c(F)c(F)c1. The Balaban J connectivity index is 2.08. The number of aromatic nitrogens is 1. The van der Waals surface area contributed by atoms with Crippen molar-refractivity contribution < 1.29 is 42.4 Å². The summed E-state index contributed by atoms with van der Waals surface area (Å²) in [6.45, 7) is 2.80. The van der Waals surface area contributed by atoms with Crippen LogP contribution in [0.2, 0.25) is 0 Å². The van der Waals surface area contributed by atoms with E-state index in [0.717, 1.165) is 23.0 Å². The third-order valence-corrected chi connectivity index (χ3v) is 7.44. The highest BCUT2D eigenvalue weighted by Gasteiger charge is 2.51. The highest BCUT2D eigenvalue weighted by Crippen LogP contribution is 2.39. The van der Waals surface area contributed by atoms with E-state index in [9.17, 15) is 28.2 Å². The number of carboxylic acids is 1. The fourth-order valence-corrected chi connectivity index (χ4v) is 5.67. The van der Waals surface area contributed by atoms with E-state index in [1.807, 2.05) is 0 Å². The van der Waals surface area contributed by atoms with Crippen LogP contribution in [0, 0.1) is 17.5 Å². The number of pyridine rings is 1. The van der Waals surface area contributed by atoms with Gasteiger partial charge in [0, 0.05) is 40.6 Å². The molecule has 0 saturated carbocycles. The molecule has 2 aromatic rings. The molecular formula is C24H28BrF3N4O6S. The van der Waals surface area contributed by atoms with Crippen LogP contribution in [0.1, 0.15) is 19.4 Å². The molecule has 0 amide bonds. The van der Waals surface area contributed by atoms with E-state index in [-0.39, 0.29) is 11.3 Å². The zero-order valence-corrected chi connectivity index (χ0v) is 23.4. The first-order valence-electron chi connectivity index (χ1n) is 11.5. The quantitative estimate of drug-likeness (QED) is 0.173. The normalized spacial score (nSPS) is 25.3. The molecule has 2 heterocycles. The van der Waals surface area contributed by atoms with E-state index < -0.39 is 65.4 Å². The number of carbonyl (C=O) groups is 1. The van der Waals surface area contributed by atoms with Crippen LogP contribution in [0.25, 0.3) is 5.70 Å². The number of rotatable bonds is 10. The number of benzene rings is 1. The average Bonchev–Trinajstić information content (AvgIpc) is 2.86. The number of carboxylic acid groups (broad SMARTS) is 1. The summed E-state index contributed by atoms with van der Waals surface area (Å²) in [5.74, 6) is 0.573. The Hall–Kier alpha value is -2.40. The van der Waals surface area contributed by atoms with Crippen LogP contribution in [0.3, 0.4) is 0 Å². The number of aliphatic hydroxyl groups excluding tert-OH is 1. The molecule has 1 aromatic carbocycles. The molecule has 0 bridgehead atoms. The standard InChI is InChI=1S/C24H28BrF3N4O6S/c1-10(33)20-21(36-3)19(32(30)9-17(29)12-4-15(26)18(28)16(27)5-12)22(37-11(2)23(34)35)24(38-20)39-14-6-13(25)7-31-8-14/h4-11,19-22,24,33H,29-30H2,1-3H3,(H,34,35)/b17-9-/t10?,11?,19?,20?,21-,22?,24-/m1/s1. The number of hydrazine groups is 1. The largest absolute Gasteiger partial charge is 0.479 e. The van der Waals surface area contributed by atoms with Crippen LogP contribution >= 0.6 is 27.7 Å². The highest BCUT2D eigenvalue weighted by molar-refractivity contribution is 9.10. The lowest BCUT2D eigenvalue weighted by Crippen LogP contribution is -2.67. The average molecular weight is 637 g/mol. The van der Waals surface area contributed by atoms with E-state index in [4.69, 9.17) is 25.8 Å². The number of hydrogen-bond donors (Lipinski definition) is 4. The second kappa shape index (κ2) is 13.3. The molecule has 6 N–H and O–H groups in total. The first-order chi connectivity index (χ1) is 18.3. The van der Waals surface area contributed by atoms with Gasteiger partial charge in [0.2, 0.25) is 0 Å². The van der Waals surface area contributed by atoms with Crippen molar-refractivity contribution in [1.29, 1.82) is 0 Å². The zero-order valence-electron chi connectivity index (χ0n) is 21.0. The number of nitrogens with two attached hydrogens (primary N) is 2. The van der Waals surface area contributed by atoms with Crippen molar-refractivity contribution >= 4 is 39.4 Å². The maximum absolute atomic E-state index is 13.8. The number of nitrogens with zero attached hydrogens (tertiary/aromatic N) is 2. The van der Waals surface area contributed by atoms with E-state index in [1.54, 1.807) is 18.5 Å². The Labute approximate surface area is 235 Å². The van der Waals surface area contributed by atoms with Gasteiger partial charge in [-0.3, -0.25) is 4.98 Å². The van der Waals surface area contributed by atoms with Crippen LogP contribution in [0.15, 0.2) is 46.2 Å². The first kappa shape index (κ1) is 31.1. The van der Waals surface area contributed by atoms with Gasteiger partial charge in [-0.15, -0.1) is 0 Å². The van der Waals surface area contributed by atoms with Gasteiger partial charge in [-0.05, 0) is 48.0 Å². The van der Waals surface area contributed by atoms with E-state index >= 15 is 0 Å². The Morgan fingerprint density at radius 2 is 1.87 bits per heavy atom. The molecular weight excluding hydrogens is 609 g/mol. The Bertz CT molecular complexity index is 1190. The number of methoxy groups -OCH3 is 1. The second-order valence-corrected chi connectivity index (χ2v) is 10.8. The number of thioether (sulfide) groups is 1. The summed E-state index contributed by atoms with van der Waals surface area (Å²) in [5.41, 5.74) is 4.67. The zero-order chi connectivity index (χ0) is 29.0. The van der Waals surface area contributed by atoms with Crippen molar-refractivity contribution in [3.05, 3.63) is 64.3 Å². The van der Waals surface area contributed by atoms with E-state index in [1.165, 1.54) is 21.0 Å². The smallest absolute Gasteiger partial charge is 0.332 e. The summed E-state index contributed by atoms with van der Waals surface area (Å²) in [6, 6.07) is 2.11. The van der Waals surface area contributed by atoms with Crippen LogP contribution in [-0.2, 0) is 19.0 Å². The molecule has 1 saturated heterocycles. The molecule has 0 radical (unpaired) electrons. The summed E-state index contributed by atoms with van der Waals surface area (Å²) < 4.78 is 59.5. The summed E-state index contributed by atoms with van der Waals surface area (Å²) in [5, 5.41) is 21.1. The predicted octanol–water partition coefficient (Wildman–Crippen LogP) is 2.83. The van der Waals surface area contributed by atoms with E-state index in [0.29, 0.717) is 21.5 Å². The Kier molecular flexibility index (Phi) is 10.6. The molecule has 0 aliphatic carbocycles. The molecule has 39 heavy (non-hydrogen) atoms. The number of aliphatic carboxylic acids is 1. The molecule has 3 rings (SSSR count). The maximum atomic E-state index is 13.8. The van der Waals surface area contributed by atoms with Crippen molar-refractivity contribution in [1.82, 2.24) is 9.99 Å². The van der Waals surface area contributed by atoms with Gasteiger partial charge >= 0.3 is 5.97 Å². The van der Waals surface area contributed by atoms with Crippen LogP contribution < -0.4 is 11.6 Å². The van der Waals surface area contributed by atoms with Gasteiger partial charge in [-0.1, -0.05) is 11.8 Å². The van der Waals surface area contributed by atoms with Gasteiger partial charge in [-0.2, -0.15) is 0 Å². The highest BCUT2D eigenvalue weighted by atomic mass is 79.9. The molecule has 1 fully saturated rings. The molecule has 0 spiro atoms. The van der Waals surface area contributed by atoms with Gasteiger partial charge in [-0.25, -0.2) is 23.8 Å². The van der Waals surface area contributed by atoms with Crippen LogP contribution in [-0.4, -0.2) is 75.3 Å². The molecule has 7 atom stereocenters. The number of hydrogen-bond acceptors (Lipinski definition) is 10. The van der Waals surface area contributed by atoms with Gasteiger partial charge < -0.3 is 35.2 Å². The number of aliphatic hydroxyl groups is 1. The summed E-state index contributed by atoms with van der Waals surface area (Å²) in [6.07, 6.45) is -1.22. The first-order valence-corrected chi connectivity index (χ1v) is 13.2. The predicted molar refractivity (Wildman–Crippen MR) is 139 cm³/mol. The number of halogens is 4. The molecule has 1 aliphatic heterocycles. The summed E-state index contributed by atoms with van der Waals surface area (Å²) in [4.78, 5) is 16.4. The topological polar surface area (TPSA) is 153 Å². The van der Waals surface area contributed by atoms with Gasteiger partial charge in [0.15, 0.2) is 23.6 Å². The van der Waals surface area contributed by atoms with Crippen molar-refractivity contribution in [2.75, 3.05) is 7.11 Å². The van der Waals surface area contributed by atoms with Crippen molar-refractivity contribution in [3.8, 4) is 0 Å². The van der Waals surface area contributed by atoms with Gasteiger partial charge in [0.05, 0.1) is 11.8 Å². The Morgan fingerprint density at radius 1 is 1.23 bits per heavy atom. The lowest BCUT2D eigenvalue weighted by molar-refractivity contribution is -0.227. The maximum Gasteiger partial charge on any atom is 0.332 e. The van der Waals surface area contributed by atoms with Gasteiger partial charge in [0.1, 0.15) is 29.8 Å². The van der Waals surface area contributed by atoms with Crippen molar-refractivity contribution in [2.24, 2.45) is 11.6 Å². The van der Waals surface area contributed by atoms with E-state index in [2.05, 4.69) is 20.9 Å². The fourth-order valence-electron chi connectivity index (χ4n) is 4.02. The lowest BCUT2D eigenvalue weighted by Gasteiger charge is -2.49. The Morgan fingerprint density at radius 3 is 2.41 bits per heavy atom. The minimum atomic E-state index is -1.65. The molecule has 1 aliphatic rings. The van der Waals surface area contributed by atoms with Crippen LogP contribution in [0.4, 0.5) is 13.2 Å². The van der Waals surface area contributed by atoms with Crippen LogP contribution in [0.5, 0.6) is 0 Å². The van der Waals surface area contributed by atoms with Crippen molar-refractivity contribution in [3.63, 3.8) is 0 Å². The molecule has 10 nitrogen and oxygen atoms in total. The third kappa shape index (κ3) is 7.42. The lowest BCUT2D eigenvalue weighted by atomic mass is 9.93. The monoisotopic (exact) mass is 636 g/mol. The minimum absolute atomic E-state index is 0.197.